The molecule has 88 valence electrons. The van der Waals surface area contributed by atoms with Gasteiger partial charge in [-0.05, 0) is 25.0 Å². The first-order valence-corrected chi connectivity index (χ1v) is 5.55. The van der Waals surface area contributed by atoms with E-state index in [1.54, 1.807) is 7.11 Å². The summed E-state index contributed by atoms with van der Waals surface area (Å²) in [6, 6.07) is 5.80. The number of nitrogens with zero attached hydrogens (tertiary/aromatic N) is 2. The molecule has 1 aliphatic rings. The van der Waals surface area contributed by atoms with Crippen molar-refractivity contribution < 1.29 is 4.74 Å². The van der Waals surface area contributed by atoms with Gasteiger partial charge in [-0.1, -0.05) is 6.07 Å². The molecule has 0 saturated carbocycles. The van der Waals surface area contributed by atoms with Gasteiger partial charge in [-0.25, -0.2) is 10.8 Å². The molecule has 0 bridgehead atoms. The van der Waals surface area contributed by atoms with Crippen LogP contribution in [0.5, 0.6) is 0 Å². The largest absolute Gasteiger partial charge is 0.380 e. The van der Waals surface area contributed by atoms with Crippen molar-refractivity contribution in [2.75, 3.05) is 30.5 Å². The van der Waals surface area contributed by atoms with E-state index in [-0.39, 0.29) is 0 Å². The summed E-state index contributed by atoms with van der Waals surface area (Å²) in [6.07, 6.45) is 2.58. The molecule has 0 radical (unpaired) electrons. The number of ether oxygens (including phenoxy) is 1. The quantitative estimate of drug-likeness (QED) is 0.589. The zero-order valence-corrected chi connectivity index (χ0v) is 9.52. The van der Waals surface area contributed by atoms with E-state index in [9.17, 15) is 0 Å². The molecule has 1 atom stereocenters. The van der Waals surface area contributed by atoms with Crippen molar-refractivity contribution in [3.05, 3.63) is 18.2 Å². The van der Waals surface area contributed by atoms with Crippen molar-refractivity contribution in [1.82, 2.24) is 4.98 Å². The summed E-state index contributed by atoms with van der Waals surface area (Å²) in [5.41, 5.74) is 2.56. The molecule has 0 amide bonds. The van der Waals surface area contributed by atoms with Crippen molar-refractivity contribution in [3.63, 3.8) is 0 Å². The van der Waals surface area contributed by atoms with Crippen LogP contribution < -0.4 is 16.2 Å². The minimum Gasteiger partial charge on any atom is -0.380 e. The third-order valence-electron chi connectivity index (χ3n) is 2.92. The summed E-state index contributed by atoms with van der Waals surface area (Å²) < 4.78 is 5.39. The second kappa shape index (κ2) is 5.14. The lowest BCUT2D eigenvalue weighted by Gasteiger charge is -2.32. The lowest BCUT2D eigenvalue weighted by molar-refractivity contribution is 0.0891. The van der Waals surface area contributed by atoms with E-state index < -0.39 is 0 Å². The van der Waals surface area contributed by atoms with Crippen LogP contribution in [-0.2, 0) is 4.74 Å². The standard InChI is InChI=1S/C11H18N4O/c1-16-9-4-3-7-15(8-9)11-6-2-5-10(13-11)14-12/h2,5-6,9H,3-4,7-8,12H2,1H3,(H,13,14). The van der Waals surface area contributed by atoms with Gasteiger partial charge in [0.15, 0.2) is 0 Å². The fourth-order valence-corrected chi connectivity index (χ4v) is 2.02. The molecule has 5 heteroatoms. The molecule has 16 heavy (non-hydrogen) atoms. The molecular formula is C11H18N4O. The molecule has 2 heterocycles. The highest BCUT2D eigenvalue weighted by Gasteiger charge is 2.20. The average molecular weight is 222 g/mol. The molecule has 0 spiro atoms. The number of hydrogen-bond donors (Lipinski definition) is 2. The highest BCUT2D eigenvalue weighted by molar-refractivity contribution is 5.46. The summed E-state index contributed by atoms with van der Waals surface area (Å²) in [7, 11) is 1.76. The molecule has 1 aromatic heterocycles. The number of hydrazine groups is 1. The lowest BCUT2D eigenvalue weighted by atomic mass is 10.1. The van der Waals surface area contributed by atoms with Gasteiger partial charge in [-0.3, -0.25) is 0 Å². The van der Waals surface area contributed by atoms with Crippen LogP contribution in [0.25, 0.3) is 0 Å². The van der Waals surface area contributed by atoms with E-state index in [1.165, 1.54) is 0 Å². The Bertz CT molecular complexity index is 345. The van der Waals surface area contributed by atoms with E-state index in [0.717, 1.165) is 31.7 Å². The predicted molar refractivity (Wildman–Crippen MR) is 64.3 cm³/mol. The Kier molecular flexibility index (Phi) is 3.58. The van der Waals surface area contributed by atoms with Gasteiger partial charge in [0, 0.05) is 20.2 Å². The number of pyridine rings is 1. The zero-order valence-electron chi connectivity index (χ0n) is 9.52. The maximum Gasteiger partial charge on any atom is 0.142 e. The summed E-state index contributed by atoms with van der Waals surface area (Å²) in [6.45, 7) is 1.93. The Balaban J connectivity index is 2.10. The highest BCUT2D eigenvalue weighted by Crippen LogP contribution is 2.20. The highest BCUT2D eigenvalue weighted by atomic mass is 16.5. The molecular weight excluding hydrogens is 204 g/mol. The number of nitrogens with two attached hydrogens (primary N) is 1. The van der Waals surface area contributed by atoms with Crippen molar-refractivity contribution in [2.24, 2.45) is 5.84 Å². The molecule has 0 aromatic carbocycles. The van der Waals surface area contributed by atoms with Gasteiger partial charge in [-0.2, -0.15) is 0 Å². The molecule has 1 saturated heterocycles. The van der Waals surface area contributed by atoms with Crippen molar-refractivity contribution in [1.29, 1.82) is 0 Å². The summed E-state index contributed by atoms with van der Waals surface area (Å²) >= 11 is 0. The minimum absolute atomic E-state index is 0.310. The second-order valence-electron chi connectivity index (χ2n) is 3.97. The van der Waals surface area contributed by atoms with Gasteiger partial charge in [0.1, 0.15) is 11.6 Å². The summed E-state index contributed by atoms with van der Waals surface area (Å²) in [4.78, 5) is 6.65. The molecule has 1 unspecified atom stereocenters. The van der Waals surface area contributed by atoms with Gasteiger partial charge in [0.05, 0.1) is 6.10 Å². The topological polar surface area (TPSA) is 63.4 Å². The van der Waals surface area contributed by atoms with Crippen molar-refractivity contribution in [2.45, 2.75) is 18.9 Å². The molecule has 3 N–H and O–H groups in total. The first-order valence-electron chi connectivity index (χ1n) is 5.55. The van der Waals surface area contributed by atoms with E-state index >= 15 is 0 Å². The fourth-order valence-electron chi connectivity index (χ4n) is 2.02. The van der Waals surface area contributed by atoms with Gasteiger partial charge >= 0.3 is 0 Å². The predicted octanol–water partition coefficient (Wildman–Crippen LogP) is 0.982. The fraction of sp³-hybridized carbons (Fsp3) is 0.545. The number of nitrogens with one attached hydrogen (secondary N) is 1. The van der Waals surface area contributed by atoms with Crippen LogP contribution in [-0.4, -0.2) is 31.3 Å². The molecule has 5 nitrogen and oxygen atoms in total. The monoisotopic (exact) mass is 222 g/mol. The molecule has 0 aliphatic carbocycles. The van der Waals surface area contributed by atoms with Gasteiger partial charge in [0.2, 0.25) is 0 Å². The van der Waals surface area contributed by atoms with Gasteiger partial charge in [-0.15, -0.1) is 0 Å². The zero-order chi connectivity index (χ0) is 11.4. The lowest BCUT2D eigenvalue weighted by Crippen LogP contribution is -2.39. The van der Waals surface area contributed by atoms with Crippen LogP contribution in [0.1, 0.15) is 12.8 Å². The maximum atomic E-state index is 5.39. The normalized spacial score (nSPS) is 20.9. The number of methoxy groups -OCH3 is 1. The number of nitrogen functional groups attached to an aromatic ring is 1. The first-order chi connectivity index (χ1) is 7.83. The summed E-state index contributed by atoms with van der Waals surface area (Å²) in [5.74, 6) is 6.99. The number of aromatic nitrogens is 1. The summed E-state index contributed by atoms with van der Waals surface area (Å²) in [5, 5.41) is 0. The smallest absolute Gasteiger partial charge is 0.142 e. The Morgan fingerprint density at radius 3 is 3.19 bits per heavy atom. The Morgan fingerprint density at radius 1 is 1.56 bits per heavy atom. The van der Waals surface area contributed by atoms with Crippen molar-refractivity contribution in [3.8, 4) is 0 Å². The van der Waals surface area contributed by atoms with Gasteiger partial charge < -0.3 is 15.1 Å². The van der Waals surface area contributed by atoms with Crippen LogP contribution in [0.15, 0.2) is 18.2 Å². The van der Waals surface area contributed by atoms with E-state index in [1.807, 2.05) is 18.2 Å². The molecule has 2 rings (SSSR count). The number of piperidine rings is 1. The first kappa shape index (κ1) is 11.2. The Hall–Kier alpha value is -1.33. The van der Waals surface area contributed by atoms with Crippen molar-refractivity contribution >= 4 is 11.6 Å². The Morgan fingerprint density at radius 2 is 2.44 bits per heavy atom. The number of anilines is 2. The van der Waals surface area contributed by atoms with Crippen LogP contribution in [0.4, 0.5) is 11.6 Å². The van der Waals surface area contributed by atoms with Crippen LogP contribution in [0.3, 0.4) is 0 Å². The second-order valence-corrected chi connectivity index (χ2v) is 3.97. The van der Waals surface area contributed by atoms with E-state index in [4.69, 9.17) is 10.6 Å². The minimum atomic E-state index is 0.310. The van der Waals surface area contributed by atoms with Crippen LogP contribution in [0.2, 0.25) is 0 Å². The maximum absolute atomic E-state index is 5.39. The number of hydrogen-bond acceptors (Lipinski definition) is 5. The number of rotatable bonds is 3. The Labute approximate surface area is 95.6 Å². The van der Waals surface area contributed by atoms with E-state index in [2.05, 4.69) is 15.3 Å². The molecule has 1 aliphatic heterocycles. The van der Waals surface area contributed by atoms with E-state index in [0.29, 0.717) is 11.9 Å². The van der Waals surface area contributed by atoms with Crippen LogP contribution >= 0.6 is 0 Å². The molecule has 1 aromatic rings. The third kappa shape index (κ3) is 2.43. The average Bonchev–Trinajstić information content (AvgIpc) is 2.39. The molecule has 1 fully saturated rings. The van der Waals surface area contributed by atoms with Gasteiger partial charge in [0.25, 0.3) is 0 Å². The SMILES string of the molecule is COC1CCCN(c2cccc(NN)n2)C1. The van der Waals surface area contributed by atoms with Crippen LogP contribution in [0, 0.1) is 0 Å². The third-order valence-corrected chi connectivity index (χ3v) is 2.92.